The lowest BCUT2D eigenvalue weighted by atomic mass is 10.1. The minimum atomic E-state index is -4.68. The van der Waals surface area contributed by atoms with Gasteiger partial charge >= 0.3 is 6.18 Å². The minimum Gasteiger partial charge on any atom is -0.336 e. The van der Waals surface area contributed by atoms with Crippen molar-refractivity contribution in [1.82, 2.24) is 19.6 Å². The van der Waals surface area contributed by atoms with Crippen molar-refractivity contribution in [3.05, 3.63) is 47.3 Å². The van der Waals surface area contributed by atoms with Crippen LogP contribution in [0.4, 0.5) is 13.2 Å². The highest BCUT2D eigenvalue weighted by Crippen LogP contribution is 2.34. The van der Waals surface area contributed by atoms with Gasteiger partial charge in [-0.1, -0.05) is 18.2 Å². The number of para-hydroxylation sites is 1. The Morgan fingerprint density at radius 3 is 2.36 bits per heavy atom. The third-order valence-electron chi connectivity index (χ3n) is 4.40. The Bertz CT molecular complexity index is 776. The molecule has 134 valence electrons. The van der Waals surface area contributed by atoms with E-state index in [1.54, 1.807) is 31.2 Å². The van der Waals surface area contributed by atoms with Crippen molar-refractivity contribution in [3.63, 3.8) is 0 Å². The lowest BCUT2D eigenvalue weighted by Crippen LogP contribution is -2.47. The summed E-state index contributed by atoms with van der Waals surface area (Å²) in [5, 5.41) is 3.88. The second-order valence-corrected chi connectivity index (χ2v) is 6.20. The van der Waals surface area contributed by atoms with E-state index >= 15 is 0 Å². The molecule has 25 heavy (non-hydrogen) atoms. The molecule has 0 bridgehead atoms. The van der Waals surface area contributed by atoms with Gasteiger partial charge in [-0.05, 0) is 25.6 Å². The molecule has 1 aliphatic heterocycles. The maximum absolute atomic E-state index is 13.7. The summed E-state index contributed by atoms with van der Waals surface area (Å²) in [5.74, 6) is -0.625. The predicted molar refractivity (Wildman–Crippen MR) is 86.7 cm³/mol. The number of carbonyl (C=O) groups is 1. The van der Waals surface area contributed by atoms with E-state index in [-0.39, 0.29) is 0 Å². The number of rotatable bonds is 2. The third kappa shape index (κ3) is 3.39. The van der Waals surface area contributed by atoms with Gasteiger partial charge in [0, 0.05) is 26.2 Å². The fourth-order valence-electron chi connectivity index (χ4n) is 2.94. The van der Waals surface area contributed by atoms with Gasteiger partial charge in [0.1, 0.15) is 0 Å². The standard InChI is InChI=1S/C17H19F3N4O/c1-12-5-3-4-6-14(12)24-15(17(18,19)20)13(11-21-24)16(25)23-9-7-22(2)8-10-23/h3-6,11H,7-10H2,1-2H3. The van der Waals surface area contributed by atoms with Gasteiger partial charge in [0.2, 0.25) is 0 Å². The first-order chi connectivity index (χ1) is 11.8. The Morgan fingerprint density at radius 2 is 1.76 bits per heavy atom. The highest BCUT2D eigenvalue weighted by Gasteiger charge is 2.41. The van der Waals surface area contributed by atoms with E-state index < -0.39 is 23.3 Å². The zero-order valence-corrected chi connectivity index (χ0v) is 14.0. The van der Waals surface area contributed by atoms with Crippen LogP contribution in [0.25, 0.3) is 5.69 Å². The van der Waals surface area contributed by atoms with Crippen LogP contribution in [0.15, 0.2) is 30.5 Å². The molecule has 0 aliphatic carbocycles. The Kier molecular flexibility index (Phi) is 4.55. The summed E-state index contributed by atoms with van der Waals surface area (Å²) in [4.78, 5) is 16.1. The quantitative estimate of drug-likeness (QED) is 0.834. The van der Waals surface area contributed by atoms with Gasteiger partial charge in [-0.3, -0.25) is 4.79 Å². The second kappa shape index (κ2) is 6.51. The van der Waals surface area contributed by atoms with E-state index in [9.17, 15) is 18.0 Å². The van der Waals surface area contributed by atoms with Crippen molar-refractivity contribution in [2.24, 2.45) is 0 Å². The molecule has 2 heterocycles. The number of halogens is 3. The third-order valence-corrected chi connectivity index (χ3v) is 4.40. The van der Waals surface area contributed by atoms with Crippen molar-refractivity contribution in [2.75, 3.05) is 33.2 Å². The van der Waals surface area contributed by atoms with Crippen molar-refractivity contribution in [3.8, 4) is 5.69 Å². The first-order valence-corrected chi connectivity index (χ1v) is 7.98. The van der Waals surface area contributed by atoms with Crippen molar-refractivity contribution in [1.29, 1.82) is 0 Å². The smallest absolute Gasteiger partial charge is 0.336 e. The van der Waals surface area contributed by atoms with Crippen molar-refractivity contribution in [2.45, 2.75) is 13.1 Å². The van der Waals surface area contributed by atoms with E-state index in [2.05, 4.69) is 5.10 Å². The number of hydrogen-bond donors (Lipinski definition) is 0. The van der Waals surface area contributed by atoms with Crippen LogP contribution >= 0.6 is 0 Å². The van der Waals surface area contributed by atoms with E-state index in [0.29, 0.717) is 37.4 Å². The molecule has 1 aromatic carbocycles. The average molecular weight is 352 g/mol. The normalized spacial score (nSPS) is 16.3. The summed E-state index contributed by atoms with van der Waals surface area (Å²) in [6.45, 7) is 3.79. The van der Waals surface area contributed by atoms with Crippen LogP contribution in [-0.4, -0.2) is 58.7 Å². The van der Waals surface area contributed by atoms with Crippen LogP contribution in [0.1, 0.15) is 21.6 Å². The van der Waals surface area contributed by atoms with Gasteiger partial charge in [-0.15, -0.1) is 0 Å². The van der Waals surface area contributed by atoms with Gasteiger partial charge in [0.05, 0.1) is 17.4 Å². The average Bonchev–Trinajstić information content (AvgIpc) is 3.00. The summed E-state index contributed by atoms with van der Waals surface area (Å²) in [6.07, 6.45) is -3.66. The van der Waals surface area contributed by atoms with Crippen LogP contribution in [0.2, 0.25) is 0 Å². The zero-order valence-electron chi connectivity index (χ0n) is 14.0. The van der Waals surface area contributed by atoms with Crippen LogP contribution in [-0.2, 0) is 6.18 Å². The molecule has 2 aromatic rings. The number of amides is 1. The number of nitrogens with zero attached hydrogens (tertiary/aromatic N) is 4. The number of alkyl halides is 3. The van der Waals surface area contributed by atoms with Crippen molar-refractivity contribution < 1.29 is 18.0 Å². The van der Waals surface area contributed by atoms with E-state index in [1.165, 1.54) is 4.90 Å². The van der Waals surface area contributed by atoms with Crippen LogP contribution in [0, 0.1) is 6.92 Å². The molecule has 0 unspecified atom stereocenters. The van der Waals surface area contributed by atoms with Crippen LogP contribution < -0.4 is 0 Å². The fourth-order valence-corrected chi connectivity index (χ4v) is 2.94. The first-order valence-electron chi connectivity index (χ1n) is 7.98. The second-order valence-electron chi connectivity index (χ2n) is 6.20. The maximum Gasteiger partial charge on any atom is 0.434 e. The molecule has 0 spiro atoms. The van der Waals surface area contributed by atoms with Gasteiger partial charge in [-0.2, -0.15) is 18.3 Å². The Morgan fingerprint density at radius 1 is 1.12 bits per heavy atom. The largest absolute Gasteiger partial charge is 0.434 e. The molecule has 5 nitrogen and oxygen atoms in total. The predicted octanol–water partition coefficient (Wildman–Crippen LogP) is 2.59. The Labute approximate surface area is 143 Å². The number of hydrogen-bond acceptors (Lipinski definition) is 3. The number of likely N-dealkylation sites (N-methyl/N-ethyl adjacent to an activating group) is 1. The monoisotopic (exact) mass is 352 g/mol. The lowest BCUT2D eigenvalue weighted by molar-refractivity contribution is -0.143. The number of aryl methyl sites for hydroxylation is 1. The lowest BCUT2D eigenvalue weighted by Gasteiger charge is -2.32. The van der Waals surface area contributed by atoms with Gasteiger partial charge in [0.15, 0.2) is 5.69 Å². The molecule has 1 aromatic heterocycles. The zero-order chi connectivity index (χ0) is 18.2. The molecule has 0 saturated carbocycles. The van der Waals surface area contributed by atoms with E-state index in [0.717, 1.165) is 10.9 Å². The van der Waals surface area contributed by atoms with Gasteiger partial charge in [-0.25, -0.2) is 4.68 Å². The van der Waals surface area contributed by atoms with Crippen LogP contribution in [0.5, 0.6) is 0 Å². The number of benzene rings is 1. The minimum absolute atomic E-state index is 0.312. The fraction of sp³-hybridized carbons (Fsp3) is 0.412. The molecular formula is C17H19F3N4O. The Balaban J connectivity index is 2.04. The summed E-state index contributed by atoms with van der Waals surface area (Å²) in [7, 11) is 1.92. The molecule has 8 heteroatoms. The molecule has 1 amide bonds. The molecule has 0 atom stereocenters. The molecule has 1 aliphatic rings. The highest BCUT2D eigenvalue weighted by molar-refractivity contribution is 5.95. The van der Waals surface area contributed by atoms with Gasteiger partial charge < -0.3 is 9.80 Å². The summed E-state index contributed by atoms with van der Waals surface area (Å²) in [6, 6.07) is 6.65. The summed E-state index contributed by atoms with van der Waals surface area (Å²) in [5.41, 5.74) is -0.465. The maximum atomic E-state index is 13.7. The first kappa shape index (κ1) is 17.5. The van der Waals surface area contributed by atoms with E-state index in [4.69, 9.17) is 0 Å². The molecule has 0 radical (unpaired) electrons. The molecule has 0 N–H and O–H groups in total. The van der Waals surface area contributed by atoms with Crippen LogP contribution in [0.3, 0.4) is 0 Å². The highest BCUT2D eigenvalue weighted by atomic mass is 19.4. The SMILES string of the molecule is Cc1ccccc1-n1ncc(C(=O)N2CCN(C)CC2)c1C(F)(F)F. The topological polar surface area (TPSA) is 41.4 Å². The summed E-state index contributed by atoms with van der Waals surface area (Å²) >= 11 is 0. The summed E-state index contributed by atoms with van der Waals surface area (Å²) < 4.78 is 41.9. The Hall–Kier alpha value is -2.35. The number of carbonyl (C=O) groups excluding carboxylic acids is 1. The number of piperazine rings is 1. The molecular weight excluding hydrogens is 333 g/mol. The van der Waals surface area contributed by atoms with E-state index in [1.807, 2.05) is 11.9 Å². The number of aromatic nitrogens is 2. The molecule has 1 fully saturated rings. The van der Waals surface area contributed by atoms with Gasteiger partial charge in [0.25, 0.3) is 5.91 Å². The molecule has 3 rings (SSSR count). The van der Waals surface area contributed by atoms with Crippen molar-refractivity contribution >= 4 is 5.91 Å². The molecule has 1 saturated heterocycles.